The minimum atomic E-state index is -0.435. The van der Waals surface area contributed by atoms with Gasteiger partial charge in [-0.3, -0.25) is 0 Å². The van der Waals surface area contributed by atoms with Gasteiger partial charge in [-0.15, -0.1) is 5.10 Å². The molecule has 15 heavy (non-hydrogen) atoms. The first-order valence-corrected chi connectivity index (χ1v) is 4.51. The van der Waals surface area contributed by atoms with Crippen molar-refractivity contribution in [3.05, 3.63) is 28.9 Å². The van der Waals surface area contributed by atoms with E-state index in [2.05, 4.69) is 10.2 Å². The van der Waals surface area contributed by atoms with E-state index in [1.54, 1.807) is 0 Å². The van der Waals surface area contributed by atoms with Crippen LogP contribution in [0.1, 0.15) is 0 Å². The zero-order valence-corrected chi connectivity index (χ0v) is 8.60. The maximum Gasteiger partial charge on any atom is 0.284 e. The Hall–Kier alpha value is -1.69. The standard InChI is InChI=1S/C9H7FN2O2S/c1-13-7-4-5(2-3-6(7)10)8-11-12-9(15)14-8/h2-4H,1H3,(H,12,15). The molecule has 1 N–H and O–H groups in total. The Morgan fingerprint density at radius 1 is 1.53 bits per heavy atom. The van der Waals surface area contributed by atoms with Crippen LogP contribution in [-0.4, -0.2) is 17.3 Å². The van der Waals surface area contributed by atoms with E-state index in [-0.39, 0.29) is 10.6 Å². The summed E-state index contributed by atoms with van der Waals surface area (Å²) >= 11 is 4.73. The SMILES string of the molecule is COc1cc(-c2n[nH]c(=S)o2)ccc1F. The Morgan fingerprint density at radius 3 is 2.93 bits per heavy atom. The molecule has 1 aromatic heterocycles. The van der Waals surface area contributed by atoms with E-state index >= 15 is 0 Å². The summed E-state index contributed by atoms with van der Waals surface area (Å²) in [5.74, 6) is 0.00491. The van der Waals surface area contributed by atoms with Crippen molar-refractivity contribution in [3.8, 4) is 17.2 Å². The number of ether oxygens (including phenoxy) is 1. The third-order valence-electron chi connectivity index (χ3n) is 1.84. The Kier molecular flexibility index (Phi) is 2.51. The molecule has 0 atom stereocenters. The van der Waals surface area contributed by atoms with Crippen molar-refractivity contribution < 1.29 is 13.5 Å². The lowest BCUT2D eigenvalue weighted by molar-refractivity contribution is 0.386. The van der Waals surface area contributed by atoms with Gasteiger partial charge in [0.25, 0.3) is 4.84 Å². The monoisotopic (exact) mass is 226 g/mol. The quantitative estimate of drug-likeness (QED) is 0.799. The smallest absolute Gasteiger partial charge is 0.284 e. The van der Waals surface area contributed by atoms with Crippen LogP contribution in [0.5, 0.6) is 5.75 Å². The summed E-state index contributed by atoms with van der Waals surface area (Å²) in [6, 6.07) is 4.30. The summed E-state index contributed by atoms with van der Waals surface area (Å²) in [7, 11) is 1.39. The van der Waals surface area contributed by atoms with Crippen LogP contribution in [0.25, 0.3) is 11.5 Å². The highest BCUT2D eigenvalue weighted by molar-refractivity contribution is 7.71. The second-order valence-electron chi connectivity index (χ2n) is 2.77. The van der Waals surface area contributed by atoms with E-state index in [0.29, 0.717) is 11.5 Å². The third kappa shape index (κ3) is 1.89. The number of halogens is 1. The van der Waals surface area contributed by atoms with Gasteiger partial charge in [0.05, 0.1) is 7.11 Å². The summed E-state index contributed by atoms with van der Waals surface area (Å²) in [4.78, 5) is 0.174. The van der Waals surface area contributed by atoms with Crippen LogP contribution in [0.3, 0.4) is 0 Å². The van der Waals surface area contributed by atoms with Gasteiger partial charge in [-0.2, -0.15) is 0 Å². The molecule has 0 aliphatic rings. The topological polar surface area (TPSA) is 51.0 Å². The Labute approximate surface area is 89.7 Å². The van der Waals surface area contributed by atoms with Gasteiger partial charge >= 0.3 is 0 Å². The van der Waals surface area contributed by atoms with Gasteiger partial charge in [0.15, 0.2) is 11.6 Å². The molecular formula is C9H7FN2O2S. The van der Waals surface area contributed by atoms with E-state index in [9.17, 15) is 4.39 Å². The molecule has 0 amide bonds. The van der Waals surface area contributed by atoms with Crippen molar-refractivity contribution in [1.82, 2.24) is 10.2 Å². The minimum Gasteiger partial charge on any atom is -0.494 e. The predicted molar refractivity (Wildman–Crippen MR) is 53.6 cm³/mol. The van der Waals surface area contributed by atoms with E-state index < -0.39 is 5.82 Å². The zero-order chi connectivity index (χ0) is 10.8. The number of nitrogens with one attached hydrogen (secondary N) is 1. The summed E-state index contributed by atoms with van der Waals surface area (Å²) in [6.45, 7) is 0. The van der Waals surface area contributed by atoms with Crippen molar-refractivity contribution in [3.63, 3.8) is 0 Å². The molecule has 0 unspecified atom stereocenters. The lowest BCUT2D eigenvalue weighted by Gasteiger charge is -2.02. The molecule has 1 heterocycles. The van der Waals surface area contributed by atoms with E-state index in [1.165, 1.54) is 25.3 Å². The van der Waals surface area contributed by atoms with E-state index in [0.717, 1.165) is 0 Å². The van der Waals surface area contributed by atoms with E-state index in [1.807, 2.05) is 0 Å². The number of aromatic nitrogens is 2. The lowest BCUT2D eigenvalue weighted by Crippen LogP contribution is -1.88. The maximum absolute atomic E-state index is 13.1. The molecule has 2 aromatic rings. The molecule has 6 heteroatoms. The molecule has 0 aliphatic carbocycles. The average Bonchev–Trinajstić information content (AvgIpc) is 2.66. The normalized spacial score (nSPS) is 10.3. The summed E-state index contributed by atoms with van der Waals surface area (Å²) in [5, 5.41) is 6.30. The zero-order valence-electron chi connectivity index (χ0n) is 7.78. The molecule has 1 aromatic carbocycles. The summed E-state index contributed by atoms with van der Waals surface area (Å²) in [6.07, 6.45) is 0. The Bertz CT molecular complexity index is 535. The molecule has 0 saturated carbocycles. The number of benzene rings is 1. The fraction of sp³-hybridized carbons (Fsp3) is 0.111. The number of methoxy groups -OCH3 is 1. The van der Waals surface area contributed by atoms with Crippen LogP contribution >= 0.6 is 12.2 Å². The van der Waals surface area contributed by atoms with Crippen LogP contribution in [0.4, 0.5) is 4.39 Å². The number of aromatic amines is 1. The third-order valence-corrected chi connectivity index (χ3v) is 2.01. The fourth-order valence-electron chi connectivity index (χ4n) is 1.15. The van der Waals surface area contributed by atoms with Crippen LogP contribution < -0.4 is 4.74 Å². The van der Waals surface area contributed by atoms with Gasteiger partial charge in [-0.1, -0.05) is 0 Å². The highest BCUT2D eigenvalue weighted by Crippen LogP contribution is 2.24. The van der Waals surface area contributed by atoms with Crippen molar-refractivity contribution >= 4 is 12.2 Å². The van der Waals surface area contributed by atoms with E-state index in [4.69, 9.17) is 21.4 Å². The van der Waals surface area contributed by atoms with Gasteiger partial charge in [0, 0.05) is 5.56 Å². The summed E-state index contributed by atoms with van der Waals surface area (Å²) in [5.41, 5.74) is 0.598. The van der Waals surface area contributed by atoms with Gasteiger partial charge in [0.2, 0.25) is 5.89 Å². The molecule has 0 spiro atoms. The summed E-state index contributed by atoms with van der Waals surface area (Å²) < 4.78 is 23.0. The van der Waals surface area contributed by atoms with Gasteiger partial charge in [-0.25, -0.2) is 9.49 Å². The average molecular weight is 226 g/mol. The van der Waals surface area contributed by atoms with Gasteiger partial charge in [0.1, 0.15) is 0 Å². The number of rotatable bonds is 2. The molecule has 2 rings (SSSR count). The van der Waals surface area contributed by atoms with Crippen molar-refractivity contribution in [2.75, 3.05) is 7.11 Å². The number of hydrogen-bond donors (Lipinski definition) is 1. The molecule has 0 aliphatic heterocycles. The van der Waals surface area contributed by atoms with Crippen molar-refractivity contribution in [1.29, 1.82) is 0 Å². The molecule has 0 saturated heterocycles. The van der Waals surface area contributed by atoms with Crippen molar-refractivity contribution in [2.45, 2.75) is 0 Å². The first kappa shape index (κ1) is 9.85. The first-order valence-electron chi connectivity index (χ1n) is 4.10. The highest BCUT2D eigenvalue weighted by Gasteiger charge is 2.08. The van der Waals surface area contributed by atoms with Crippen LogP contribution in [-0.2, 0) is 0 Å². The largest absolute Gasteiger partial charge is 0.494 e. The second-order valence-corrected chi connectivity index (χ2v) is 3.14. The minimum absolute atomic E-state index is 0.136. The lowest BCUT2D eigenvalue weighted by atomic mass is 10.2. The number of nitrogens with zero attached hydrogens (tertiary/aromatic N) is 1. The fourth-order valence-corrected chi connectivity index (χ4v) is 1.27. The van der Waals surface area contributed by atoms with Gasteiger partial charge in [-0.05, 0) is 30.4 Å². The molecule has 4 nitrogen and oxygen atoms in total. The predicted octanol–water partition coefficient (Wildman–Crippen LogP) is 2.55. The Balaban J connectivity index is 2.50. The molecule has 78 valence electrons. The van der Waals surface area contributed by atoms with Gasteiger partial charge < -0.3 is 9.15 Å². The Morgan fingerprint density at radius 2 is 2.33 bits per heavy atom. The molecule has 0 fully saturated rings. The molecular weight excluding hydrogens is 219 g/mol. The van der Waals surface area contributed by atoms with Crippen LogP contribution in [0.15, 0.2) is 22.6 Å². The molecule has 0 radical (unpaired) electrons. The van der Waals surface area contributed by atoms with Crippen LogP contribution in [0.2, 0.25) is 0 Å². The number of H-pyrrole nitrogens is 1. The maximum atomic E-state index is 13.1. The molecule has 0 bridgehead atoms. The van der Waals surface area contributed by atoms with Crippen molar-refractivity contribution in [2.24, 2.45) is 0 Å². The first-order chi connectivity index (χ1) is 7.20. The van der Waals surface area contributed by atoms with Crippen LogP contribution in [0, 0.1) is 10.7 Å². The highest BCUT2D eigenvalue weighted by atomic mass is 32.1. The number of hydrogen-bond acceptors (Lipinski definition) is 4. The second kappa shape index (κ2) is 3.82.